The zero-order valence-corrected chi connectivity index (χ0v) is 23.5. The van der Waals surface area contributed by atoms with Crippen LogP contribution in [0, 0.1) is 11.3 Å². The summed E-state index contributed by atoms with van der Waals surface area (Å²) in [7, 11) is 1.61. The monoisotopic (exact) mass is 567 g/mol. The van der Waals surface area contributed by atoms with E-state index >= 15 is 0 Å². The Kier molecular flexibility index (Phi) is 7.58. The van der Waals surface area contributed by atoms with E-state index in [1.165, 1.54) is 27.7 Å². The zero-order chi connectivity index (χ0) is 28.9. The van der Waals surface area contributed by atoms with Crippen molar-refractivity contribution in [2.75, 3.05) is 12.4 Å². The summed E-state index contributed by atoms with van der Waals surface area (Å²) in [5.74, 6) is 0.190. The van der Waals surface area contributed by atoms with Crippen LogP contribution in [0.15, 0.2) is 115 Å². The lowest BCUT2D eigenvalue weighted by Gasteiger charge is -2.04. The van der Waals surface area contributed by atoms with Gasteiger partial charge in [-0.2, -0.15) is 10.4 Å². The first-order valence-corrected chi connectivity index (χ1v) is 14.1. The minimum Gasteiger partial charge on any atom is -0.497 e. The fourth-order valence-corrected chi connectivity index (χ4v) is 5.56. The minimum atomic E-state index is -0.531. The Labute approximate surface area is 247 Å². The van der Waals surface area contributed by atoms with Crippen molar-refractivity contribution in [1.82, 2.24) is 14.8 Å². The summed E-state index contributed by atoms with van der Waals surface area (Å²) >= 11 is 1.40. The third-order valence-electron chi connectivity index (χ3n) is 6.81. The molecule has 0 bridgehead atoms. The van der Waals surface area contributed by atoms with Gasteiger partial charge in [0, 0.05) is 34.8 Å². The van der Waals surface area contributed by atoms with Gasteiger partial charge in [0.25, 0.3) is 5.91 Å². The minimum absolute atomic E-state index is 0.0526. The highest BCUT2D eigenvalue weighted by atomic mass is 32.1. The molecule has 0 unspecified atom stereocenters. The molecule has 7 nitrogen and oxygen atoms in total. The van der Waals surface area contributed by atoms with Crippen molar-refractivity contribution in [2.45, 2.75) is 6.42 Å². The lowest BCUT2D eigenvalue weighted by Crippen LogP contribution is -2.13. The molecule has 0 atom stereocenters. The molecule has 204 valence electrons. The molecule has 2 heterocycles. The Balaban J connectivity index is 1.26. The Morgan fingerprint density at radius 2 is 1.76 bits per heavy atom. The Bertz CT molecular complexity index is 1940. The van der Waals surface area contributed by atoms with E-state index < -0.39 is 5.91 Å². The summed E-state index contributed by atoms with van der Waals surface area (Å²) < 4.78 is 7.03. The molecule has 42 heavy (non-hydrogen) atoms. The number of para-hydroxylation sites is 1. The van der Waals surface area contributed by atoms with Crippen LogP contribution in [0.5, 0.6) is 5.75 Å². The van der Waals surface area contributed by atoms with Gasteiger partial charge in [0.1, 0.15) is 17.4 Å². The second-order valence-electron chi connectivity index (χ2n) is 9.51. The van der Waals surface area contributed by atoms with E-state index in [-0.39, 0.29) is 5.57 Å². The maximum atomic E-state index is 13.2. The van der Waals surface area contributed by atoms with Crippen LogP contribution in [0.2, 0.25) is 0 Å². The van der Waals surface area contributed by atoms with E-state index in [0.29, 0.717) is 22.8 Å². The number of nitriles is 1. The molecule has 4 aromatic carbocycles. The molecular formula is C34H25N5O2S. The average Bonchev–Trinajstić information content (AvgIpc) is 3.67. The predicted molar refractivity (Wildman–Crippen MR) is 167 cm³/mol. The van der Waals surface area contributed by atoms with Gasteiger partial charge in [-0.3, -0.25) is 10.1 Å². The molecule has 1 amide bonds. The highest BCUT2D eigenvalue weighted by Crippen LogP contribution is 2.29. The number of nitrogens with one attached hydrogen (secondary N) is 1. The lowest BCUT2D eigenvalue weighted by molar-refractivity contribution is -0.112. The predicted octanol–water partition coefficient (Wildman–Crippen LogP) is 7.29. The fourth-order valence-electron chi connectivity index (χ4n) is 4.73. The van der Waals surface area contributed by atoms with E-state index in [9.17, 15) is 10.1 Å². The number of rotatable bonds is 8. The summed E-state index contributed by atoms with van der Waals surface area (Å²) in [6.45, 7) is 0. The summed E-state index contributed by atoms with van der Waals surface area (Å²) in [6, 6.07) is 33.7. The van der Waals surface area contributed by atoms with Crippen molar-refractivity contribution in [2.24, 2.45) is 0 Å². The quantitative estimate of drug-likeness (QED) is 0.154. The van der Waals surface area contributed by atoms with Crippen LogP contribution in [-0.2, 0) is 11.2 Å². The van der Waals surface area contributed by atoms with Crippen LogP contribution < -0.4 is 10.1 Å². The first-order valence-electron chi connectivity index (χ1n) is 13.3. The van der Waals surface area contributed by atoms with Gasteiger partial charge >= 0.3 is 0 Å². The standard InChI is InChI=1S/C34H25N5O2S/c1-41-29-16-14-24(15-17-29)32-27(22-39(38-32)28-11-3-2-4-12-28)18-26(20-35)33(40)37-34-36-21-30(42-34)19-25-10-7-9-23-8-5-6-13-31(23)25/h2-18,21-22H,19H2,1H3,(H,36,37,40)/b26-18+. The summed E-state index contributed by atoms with van der Waals surface area (Å²) in [5, 5.41) is 20.3. The Morgan fingerprint density at radius 1 is 1.00 bits per heavy atom. The van der Waals surface area contributed by atoms with Crippen LogP contribution in [0.4, 0.5) is 5.13 Å². The molecule has 8 heteroatoms. The number of fused-ring (bicyclic) bond motifs is 1. The van der Waals surface area contributed by atoms with Crippen LogP contribution >= 0.6 is 11.3 Å². The molecule has 0 saturated carbocycles. The SMILES string of the molecule is COc1ccc(-c2nn(-c3ccccc3)cc2/C=C(\C#N)C(=O)Nc2ncc(Cc3cccc4ccccc34)s2)cc1. The number of amides is 1. The molecule has 0 fully saturated rings. The fraction of sp³-hybridized carbons (Fsp3) is 0.0588. The third kappa shape index (κ3) is 5.68. The highest BCUT2D eigenvalue weighted by molar-refractivity contribution is 7.15. The molecule has 0 spiro atoms. The zero-order valence-electron chi connectivity index (χ0n) is 22.7. The number of hydrogen-bond acceptors (Lipinski definition) is 6. The van der Waals surface area contributed by atoms with E-state index in [1.807, 2.05) is 79.0 Å². The number of thiazole rings is 1. The van der Waals surface area contributed by atoms with Crippen molar-refractivity contribution >= 4 is 39.2 Å². The molecule has 0 aliphatic rings. The molecule has 2 aromatic heterocycles. The van der Waals surface area contributed by atoms with E-state index in [2.05, 4.69) is 40.6 Å². The van der Waals surface area contributed by atoms with Crippen LogP contribution in [0.3, 0.4) is 0 Å². The van der Waals surface area contributed by atoms with Crippen molar-refractivity contribution in [3.05, 3.63) is 131 Å². The summed E-state index contributed by atoms with van der Waals surface area (Å²) in [5.41, 5.74) is 4.08. The van der Waals surface area contributed by atoms with Crippen molar-refractivity contribution < 1.29 is 9.53 Å². The van der Waals surface area contributed by atoms with Gasteiger partial charge < -0.3 is 4.74 Å². The highest BCUT2D eigenvalue weighted by Gasteiger charge is 2.17. The van der Waals surface area contributed by atoms with Gasteiger partial charge in [0.15, 0.2) is 5.13 Å². The summed E-state index contributed by atoms with van der Waals surface area (Å²) in [6.07, 6.45) is 5.83. The number of carbonyl (C=O) groups is 1. The topological polar surface area (TPSA) is 92.8 Å². The maximum Gasteiger partial charge on any atom is 0.268 e. The molecule has 0 aliphatic carbocycles. The van der Waals surface area contributed by atoms with Crippen LogP contribution in [0.1, 0.15) is 16.0 Å². The number of hydrogen-bond donors (Lipinski definition) is 1. The molecule has 1 N–H and O–H groups in total. The molecule has 0 aliphatic heterocycles. The molecule has 0 saturated heterocycles. The Morgan fingerprint density at radius 3 is 2.55 bits per heavy atom. The second-order valence-corrected chi connectivity index (χ2v) is 10.6. The number of benzene rings is 4. The van der Waals surface area contributed by atoms with Crippen LogP contribution in [0.25, 0.3) is 33.8 Å². The van der Waals surface area contributed by atoms with Gasteiger partial charge in [-0.05, 0) is 58.8 Å². The number of nitrogens with zero attached hydrogens (tertiary/aromatic N) is 4. The number of carbonyl (C=O) groups excluding carboxylic acids is 1. The largest absolute Gasteiger partial charge is 0.497 e. The number of ether oxygens (including phenoxy) is 1. The average molecular weight is 568 g/mol. The van der Waals surface area contributed by atoms with Gasteiger partial charge in [0.05, 0.1) is 18.5 Å². The lowest BCUT2D eigenvalue weighted by atomic mass is 10.0. The van der Waals surface area contributed by atoms with Crippen molar-refractivity contribution in [1.29, 1.82) is 5.26 Å². The Hall–Kier alpha value is -5.52. The van der Waals surface area contributed by atoms with E-state index in [0.717, 1.165) is 21.9 Å². The van der Waals surface area contributed by atoms with E-state index in [4.69, 9.17) is 9.84 Å². The van der Waals surface area contributed by atoms with Gasteiger partial charge in [-0.25, -0.2) is 9.67 Å². The molecule has 6 aromatic rings. The molecule has 0 radical (unpaired) electrons. The summed E-state index contributed by atoms with van der Waals surface area (Å²) in [4.78, 5) is 18.6. The number of methoxy groups -OCH3 is 1. The first-order chi connectivity index (χ1) is 20.6. The van der Waals surface area contributed by atoms with Crippen molar-refractivity contribution in [3.63, 3.8) is 0 Å². The first kappa shape index (κ1) is 26.7. The normalized spacial score (nSPS) is 11.3. The van der Waals surface area contributed by atoms with Gasteiger partial charge in [-0.1, -0.05) is 60.7 Å². The molecule has 6 rings (SSSR count). The van der Waals surface area contributed by atoms with Gasteiger partial charge in [-0.15, -0.1) is 11.3 Å². The van der Waals surface area contributed by atoms with E-state index in [1.54, 1.807) is 24.1 Å². The van der Waals surface area contributed by atoms with Crippen LogP contribution in [-0.4, -0.2) is 27.8 Å². The molecular weight excluding hydrogens is 542 g/mol. The third-order valence-corrected chi connectivity index (χ3v) is 7.72. The maximum absolute atomic E-state index is 13.2. The van der Waals surface area contributed by atoms with Gasteiger partial charge in [0.2, 0.25) is 0 Å². The number of anilines is 1. The van der Waals surface area contributed by atoms with Crippen molar-refractivity contribution in [3.8, 4) is 28.8 Å². The second kappa shape index (κ2) is 11.9. The smallest absolute Gasteiger partial charge is 0.268 e. The number of aromatic nitrogens is 3.